The van der Waals surface area contributed by atoms with Gasteiger partial charge < -0.3 is 10.1 Å². The summed E-state index contributed by atoms with van der Waals surface area (Å²) >= 11 is 5.90. The summed E-state index contributed by atoms with van der Waals surface area (Å²) in [6.45, 7) is 1.51. The Morgan fingerprint density at radius 2 is 2.12 bits per heavy atom. The molecule has 0 bridgehead atoms. The maximum atomic E-state index is 11.1. The van der Waals surface area contributed by atoms with Gasteiger partial charge >= 0.3 is 6.09 Å². The first-order valence-corrected chi connectivity index (χ1v) is 5.06. The Morgan fingerprint density at radius 1 is 1.44 bits per heavy atom. The number of Topliss-reactive ketones (excluding diaryl/α,β-unsaturated/α-hetero) is 1. The summed E-state index contributed by atoms with van der Waals surface area (Å²) in [7, 11) is 1.47. The molecule has 0 heterocycles. The third kappa shape index (κ3) is 3.24. The van der Waals surface area contributed by atoms with Gasteiger partial charge in [0.1, 0.15) is 6.61 Å². The van der Waals surface area contributed by atoms with Crippen molar-refractivity contribution in [1.82, 2.24) is 5.32 Å². The van der Waals surface area contributed by atoms with E-state index in [0.717, 1.165) is 0 Å². The van der Waals surface area contributed by atoms with Crippen LogP contribution in [-0.2, 0) is 11.3 Å². The summed E-state index contributed by atoms with van der Waals surface area (Å²) in [6.07, 6.45) is -0.538. The maximum Gasteiger partial charge on any atom is 0.407 e. The number of ether oxygens (including phenoxy) is 1. The van der Waals surface area contributed by atoms with E-state index in [1.54, 1.807) is 18.2 Å². The summed E-state index contributed by atoms with van der Waals surface area (Å²) in [5, 5.41) is 2.79. The molecule has 0 spiro atoms. The predicted octanol–water partition coefficient (Wildman–Crippen LogP) is 2.40. The van der Waals surface area contributed by atoms with Crippen LogP contribution in [-0.4, -0.2) is 18.9 Å². The molecular weight excluding hydrogens is 230 g/mol. The molecule has 0 aliphatic rings. The molecule has 0 saturated carbocycles. The largest absolute Gasteiger partial charge is 0.445 e. The molecule has 1 aromatic rings. The van der Waals surface area contributed by atoms with Crippen LogP contribution in [0.2, 0.25) is 5.02 Å². The second kappa shape index (κ2) is 5.51. The standard InChI is InChI=1S/C11H12ClNO3/c1-7(14)8-3-4-10(12)9(5-8)6-16-11(15)13-2/h3-5H,6H2,1-2H3,(H,13,15). The summed E-state index contributed by atoms with van der Waals surface area (Å²) in [6, 6.07) is 4.86. The van der Waals surface area contributed by atoms with Crippen LogP contribution in [0.3, 0.4) is 0 Å². The zero-order valence-corrected chi connectivity index (χ0v) is 9.80. The van der Waals surface area contributed by atoms with Crippen molar-refractivity contribution in [3.8, 4) is 0 Å². The first kappa shape index (κ1) is 12.5. The topological polar surface area (TPSA) is 55.4 Å². The Morgan fingerprint density at radius 3 is 2.69 bits per heavy atom. The molecule has 1 aromatic carbocycles. The van der Waals surface area contributed by atoms with Crippen LogP contribution < -0.4 is 5.32 Å². The molecule has 4 nitrogen and oxygen atoms in total. The third-order valence-electron chi connectivity index (χ3n) is 2.02. The predicted molar refractivity (Wildman–Crippen MR) is 60.7 cm³/mol. The fourth-order valence-corrected chi connectivity index (χ4v) is 1.29. The minimum atomic E-state index is -0.538. The fourth-order valence-electron chi connectivity index (χ4n) is 1.12. The molecule has 1 rings (SSSR count). The number of rotatable bonds is 3. The molecule has 0 aliphatic carbocycles. The number of nitrogens with one attached hydrogen (secondary N) is 1. The zero-order chi connectivity index (χ0) is 12.1. The smallest absolute Gasteiger partial charge is 0.407 e. The second-order valence-electron chi connectivity index (χ2n) is 3.19. The van der Waals surface area contributed by atoms with E-state index in [1.807, 2.05) is 0 Å². The molecule has 5 heteroatoms. The lowest BCUT2D eigenvalue weighted by Gasteiger charge is -2.07. The van der Waals surface area contributed by atoms with Crippen LogP contribution in [0, 0.1) is 0 Å². The Kier molecular flexibility index (Phi) is 4.31. The highest BCUT2D eigenvalue weighted by Crippen LogP contribution is 2.18. The van der Waals surface area contributed by atoms with Crippen LogP contribution >= 0.6 is 11.6 Å². The van der Waals surface area contributed by atoms with Gasteiger partial charge in [0.15, 0.2) is 5.78 Å². The van der Waals surface area contributed by atoms with Crippen molar-refractivity contribution in [2.24, 2.45) is 0 Å². The third-order valence-corrected chi connectivity index (χ3v) is 2.38. The van der Waals surface area contributed by atoms with Crippen molar-refractivity contribution in [3.63, 3.8) is 0 Å². The monoisotopic (exact) mass is 241 g/mol. The molecule has 86 valence electrons. The lowest BCUT2D eigenvalue weighted by atomic mass is 10.1. The molecule has 0 aliphatic heterocycles. The zero-order valence-electron chi connectivity index (χ0n) is 9.04. The highest BCUT2D eigenvalue weighted by atomic mass is 35.5. The van der Waals surface area contributed by atoms with Gasteiger partial charge in [-0.3, -0.25) is 4.79 Å². The number of benzene rings is 1. The van der Waals surface area contributed by atoms with E-state index >= 15 is 0 Å². The molecule has 0 unspecified atom stereocenters. The van der Waals surface area contributed by atoms with E-state index in [-0.39, 0.29) is 12.4 Å². The summed E-state index contributed by atoms with van der Waals surface area (Å²) in [5.74, 6) is -0.0575. The summed E-state index contributed by atoms with van der Waals surface area (Å²) in [5.41, 5.74) is 1.15. The Balaban J connectivity index is 2.82. The highest BCUT2D eigenvalue weighted by Gasteiger charge is 2.07. The number of hydrogen-bond donors (Lipinski definition) is 1. The van der Waals surface area contributed by atoms with Crippen molar-refractivity contribution < 1.29 is 14.3 Å². The average Bonchev–Trinajstić information content (AvgIpc) is 2.27. The van der Waals surface area contributed by atoms with Gasteiger partial charge in [0, 0.05) is 23.2 Å². The molecule has 16 heavy (non-hydrogen) atoms. The van der Waals surface area contributed by atoms with Gasteiger partial charge in [0.25, 0.3) is 0 Å². The van der Waals surface area contributed by atoms with Crippen molar-refractivity contribution in [3.05, 3.63) is 34.3 Å². The molecule has 1 amide bonds. The van der Waals surface area contributed by atoms with E-state index in [1.165, 1.54) is 14.0 Å². The van der Waals surface area contributed by atoms with E-state index in [4.69, 9.17) is 16.3 Å². The Labute approximate surface area is 98.5 Å². The van der Waals surface area contributed by atoms with Crippen molar-refractivity contribution in [1.29, 1.82) is 0 Å². The highest BCUT2D eigenvalue weighted by molar-refractivity contribution is 6.31. The van der Waals surface area contributed by atoms with E-state index < -0.39 is 6.09 Å². The van der Waals surface area contributed by atoms with Crippen molar-refractivity contribution in [2.45, 2.75) is 13.5 Å². The van der Waals surface area contributed by atoms with Crippen LogP contribution in [0.15, 0.2) is 18.2 Å². The number of amides is 1. The van der Waals surface area contributed by atoms with Gasteiger partial charge in [0.05, 0.1) is 0 Å². The van der Waals surface area contributed by atoms with Crippen LogP contribution in [0.5, 0.6) is 0 Å². The SMILES string of the molecule is CNC(=O)OCc1cc(C(C)=O)ccc1Cl. The molecule has 0 saturated heterocycles. The van der Waals surface area contributed by atoms with E-state index in [2.05, 4.69) is 5.32 Å². The number of halogens is 1. The molecule has 0 atom stereocenters. The minimum Gasteiger partial charge on any atom is -0.445 e. The maximum absolute atomic E-state index is 11.1. The van der Waals surface area contributed by atoms with Crippen LogP contribution in [0.25, 0.3) is 0 Å². The van der Waals surface area contributed by atoms with Gasteiger partial charge in [-0.1, -0.05) is 11.6 Å². The molecular formula is C11H12ClNO3. The normalized spacial score (nSPS) is 9.69. The Bertz CT molecular complexity index is 418. The lowest BCUT2D eigenvalue weighted by Crippen LogP contribution is -2.19. The molecule has 1 N–H and O–H groups in total. The molecule has 0 aromatic heterocycles. The molecule has 0 fully saturated rings. The van der Waals surface area contributed by atoms with E-state index in [9.17, 15) is 9.59 Å². The van der Waals surface area contributed by atoms with Gasteiger partial charge in [-0.15, -0.1) is 0 Å². The average molecular weight is 242 g/mol. The first-order valence-electron chi connectivity index (χ1n) is 4.68. The van der Waals surface area contributed by atoms with Crippen LogP contribution in [0.4, 0.5) is 4.79 Å². The van der Waals surface area contributed by atoms with E-state index in [0.29, 0.717) is 16.1 Å². The number of alkyl carbamates (subject to hydrolysis) is 1. The number of carbonyl (C=O) groups excluding carboxylic acids is 2. The summed E-state index contributed by atoms with van der Waals surface area (Å²) < 4.78 is 4.85. The molecule has 0 radical (unpaired) electrons. The van der Waals surface area contributed by atoms with Crippen LogP contribution in [0.1, 0.15) is 22.8 Å². The number of carbonyl (C=O) groups is 2. The second-order valence-corrected chi connectivity index (χ2v) is 3.60. The fraction of sp³-hybridized carbons (Fsp3) is 0.273. The first-order chi connectivity index (χ1) is 7.54. The van der Waals surface area contributed by atoms with Gasteiger partial charge in [-0.2, -0.15) is 0 Å². The lowest BCUT2D eigenvalue weighted by molar-refractivity contribution is 0.101. The Hall–Kier alpha value is -1.55. The van der Waals surface area contributed by atoms with Crippen molar-refractivity contribution in [2.75, 3.05) is 7.05 Å². The van der Waals surface area contributed by atoms with Gasteiger partial charge in [0.2, 0.25) is 0 Å². The van der Waals surface area contributed by atoms with Crippen molar-refractivity contribution >= 4 is 23.5 Å². The van der Waals surface area contributed by atoms with Gasteiger partial charge in [-0.25, -0.2) is 4.79 Å². The number of ketones is 1. The van der Waals surface area contributed by atoms with Gasteiger partial charge in [-0.05, 0) is 25.1 Å². The number of hydrogen-bond acceptors (Lipinski definition) is 3. The minimum absolute atomic E-state index is 0.0413. The summed E-state index contributed by atoms with van der Waals surface area (Å²) in [4.78, 5) is 22.0. The quantitative estimate of drug-likeness (QED) is 0.827.